The van der Waals surface area contributed by atoms with Crippen molar-refractivity contribution in [1.82, 2.24) is 9.80 Å². The minimum atomic E-state index is -0.0687. The van der Waals surface area contributed by atoms with E-state index in [1.54, 1.807) is 12.1 Å². The lowest BCUT2D eigenvalue weighted by Crippen LogP contribution is -2.52. The van der Waals surface area contributed by atoms with E-state index in [2.05, 4.69) is 16.7 Å². The summed E-state index contributed by atoms with van der Waals surface area (Å²) in [5.41, 5.74) is 0.831. The van der Waals surface area contributed by atoms with Gasteiger partial charge in [0.1, 0.15) is 5.82 Å². The fraction of sp³-hybridized carbons (Fsp3) is 0.667. The van der Waals surface area contributed by atoms with E-state index in [1.807, 2.05) is 12.1 Å². The largest absolute Gasteiger partial charge is 0.298 e. The van der Waals surface area contributed by atoms with Crippen LogP contribution >= 0.6 is 0 Å². The van der Waals surface area contributed by atoms with Crippen molar-refractivity contribution in [3.05, 3.63) is 35.6 Å². The topological polar surface area (TPSA) is 6.48 Å². The zero-order valence-corrected chi connectivity index (χ0v) is 13.1. The average Bonchev–Trinajstić information content (AvgIpc) is 2.51. The summed E-state index contributed by atoms with van der Waals surface area (Å²) in [6, 6.07) is 7.95. The van der Waals surface area contributed by atoms with Crippen LogP contribution in [0.3, 0.4) is 0 Å². The first kappa shape index (κ1) is 15.0. The number of benzene rings is 1. The molecule has 3 rings (SSSR count). The maximum atomic E-state index is 13.7. The number of hydrogen-bond acceptors (Lipinski definition) is 2. The predicted octanol–water partition coefficient (Wildman–Crippen LogP) is 3.52. The Bertz CT molecular complexity index is 454. The highest BCUT2D eigenvalue weighted by Crippen LogP contribution is 2.28. The van der Waals surface area contributed by atoms with Gasteiger partial charge in [-0.1, -0.05) is 38.0 Å². The van der Waals surface area contributed by atoms with Crippen LogP contribution in [-0.2, 0) is 6.54 Å². The third-order valence-electron chi connectivity index (χ3n) is 5.29. The maximum absolute atomic E-state index is 13.7. The van der Waals surface area contributed by atoms with Crippen LogP contribution in [0.25, 0.3) is 0 Å². The molecule has 3 heteroatoms. The van der Waals surface area contributed by atoms with Gasteiger partial charge in [-0.3, -0.25) is 9.80 Å². The predicted molar refractivity (Wildman–Crippen MR) is 84.7 cm³/mol. The molecule has 1 aliphatic heterocycles. The molecule has 1 aromatic rings. The molecule has 21 heavy (non-hydrogen) atoms. The van der Waals surface area contributed by atoms with Gasteiger partial charge in [0.05, 0.1) is 0 Å². The normalized spacial score (nSPS) is 28.7. The molecule has 1 saturated carbocycles. The molecule has 0 aromatic heterocycles. The van der Waals surface area contributed by atoms with Gasteiger partial charge in [-0.2, -0.15) is 0 Å². The first-order chi connectivity index (χ1) is 10.2. The standard InChI is InChI=1S/C18H27FN2/c1-15-6-2-5-9-18(15)21-12-10-20(11-13-21)14-16-7-3-4-8-17(16)19/h3-4,7-8,15,18H,2,5-6,9-14H2,1H3. The second kappa shape index (κ2) is 6.89. The van der Waals surface area contributed by atoms with E-state index in [0.717, 1.165) is 50.2 Å². The Labute approximate surface area is 127 Å². The lowest BCUT2D eigenvalue weighted by molar-refractivity contribution is 0.0514. The zero-order chi connectivity index (χ0) is 14.7. The SMILES string of the molecule is CC1CCCCC1N1CCN(Cc2ccccc2F)CC1. The molecule has 1 saturated heterocycles. The second-order valence-electron chi connectivity index (χ2n) is 6.73. The van der Waals surface area contributed by atoms with E-state index in [9.17, 15) is 4.39 Å². The molecule has 1 aromatic carbocycles. The maximum Gasteiger partial charge on any atom is 0.127 e. The summed E-state index contributed by atoms with van der Waals surface area (Å²) in [4.78, 5) is 5.07. The van der Waals surface area contributed by atoms with E-state index >= 15 is 0 Å². The third kappa shape index (κ3) is 3.64. The summed E-state index contributed by atoms with van der Waals surface area (Å²) in [5.74, 6) is 0.776. The van der Waals surface area contributed by atoms with E-state index < -0.39 is 0 Å². The summed E-state index contributed by atoms with van der Waals surface area (Å²) < 4.78 is 13.7. The molecule has 0 N–H and O–H groups in total. The molecule has 0 bridgehead atoms. The number of nitrogens with zero attached hydrogens (tertiary/aromatic N) is 2. The first-order valence-corrected chi connectivity index (χ1v) is 8.44. The molecule has 2 nitrogen and oxygen atoms in total. The van der Waals surface area contributed by atoms with Crippen LogP contribution < -0.4 is 0 Å². The van der Waals surface area contributed by atoms with E-state index in [4.69, 9.17) is 0 Å². The summed E-state index contributed by atoms with van der Waals surface area (Å²) >= 11 is 0. The first-order valence-electron chi connectivity index (χ1n) is 8.44. The van der Waals surface area contributed by atoms with Crippen LogP contribution in [0.5, 0.6) is 0 Å². The minimum Gasteiger partial charge on any atom is -0.298 e. The summed E-state index contributed by atoms with van der Waals surface area (Å²) in [6.45, 7) is 7.58. The molecule has 0 spiro atoms. The minimum absolute atomic E-state index is 0.0687. The van der Waals surface area contributed by atoms with Crippen molar-refractivity contribution in [1.29, 1.82) is 0 Å². The molecule has 2 atom stereocenters. The lowest BCUT2D eigenvalue weighted by Gasteiger charge is -2.43. The lowest BCUT2D eigenvalue weighted by atomic mass is 9.84. The summed E-state index contributed by atoms with van der Waals surface area (Å²) in [7, 11) is 0. The number of hydrogen-bond donors (Lipinski definition) is 0. The Hall–Kier alpha value is -0.930. The van der Waals surface area contributed by atoms with Crippen LogP contribution in [0.15, 0.2) is 24.3 Å². The smallest absolute Gasteiger partial charge is 0.127 e. The average molecular weight is 290 g/mol. The fourth-order valence-electron chi connectivity index (χ4n) is 3.96. The Morgan fingerprint density at radius 2 is 1.76 bits per heavy atom. The highest BCUT2D eigenvalue weighted by atomic mass is 19.1. The van der Waals surface area contributed by atoms with Crippen LogP contribution in [-0.4, -0.2) is 42.0 Å². The van der Waals surface area contributed by atoms with Gasteiger partial charge in [-0.15, -0.1) is 0 Å². The molecule has 0 amide bonds. The molecule has 1 aliphatic carbocycles. The zero-order valence-electron chi connectivity index (χ0n) is 13.1. The Balaban J connectivity index is 1.52. The Morgan fingerprint density at radius 1 is 1.05 bits per heavy atom. The van der Waals surface area contributed by atoms with Crippen molar-refractivity contribution in [2.75, 3.05) is 26.2 Å². The van der Waals surface area contributed by atoms with E-state index in [-0.39, 0.29) is 5.82 Å². The Kier molecular flexibility index (Phi) is 4.91. The highest BCUT2D eigenvalue weighted by molar-refractivity contribution is 5.17. The number of rotatable bonds is 3. The molecule has 2 unspecified atom stereocenters. The third-order valence-corrected chi connectivity index (χ3v) is 5.29. The van der Waals surface area contributed by atoms with Crippen molar-refractivity contribution in [3.63, 3.8) is 0 Å². The van der Waals surface area contributed by atoms with Gasteiger partial charge in [0.2, 0.25) is 0 Å². The van der Waals surface area contributed by atoms with Crippen molar-refractivity contribution >= 4 is 0 Å². The second-order valence-corrected chi connectivity index (χ2v) is 6.73. The van der Waals surface area contributed by atoms with Gasteiger partial charge in [0.25, 0.3) is 0 Å². The number of piperazine rings is 1. The fourth-order valence-corrected chi connectivity index (χ4v) is 3.96. The molecule has 0 radical (unpaired) electrons. The molecule has 2 fully saturated rings. The van der Waals surface area contributed by atoms with Gasteiger partial charge in [-0.25, -0.2) is 4.39 Å². The monoisotopic (exact) mass is 290 g/mol. The molecular weight excluding hydrogens is 263 g/mol. The summed E-state index contributed by atoms with van der Waals surface area (Å²) in [6.07, 6.45) is 5.56. The van der Waals surface area contributed by atoms with Crippen molar-refractivity contribution in [2.45, 2.75) is 45.2 Å². The Morgan fingerprint density at radius 3 is 2.48 bits per heavy atom. The molecule has 1 heterocycles. The molecular formula is C18H27FN2. The van der Waals surface area contributed by atoms with Crippen molar-refractivity contribution in [2.24, 2.45) is 5.92 Å². The molecule has 116 valence electrons. The van der Waals surface area contributed by atoms with Gasteiger partial charge < -0.3 is 0 Å². The van der Waals surface area contributed by atoms with Gasteiger partial charge in [-0.05, 0) is 24.8 Å². The van der Waals surface area contributed by atoms with Gasteiger partial charge >= 0.3 is 0 Å². The number of halogens is 1. The quantitative estimate of drug-likeness (QED) is 0.840. The van der Waals surface area contributed by atoms with Gasteiger partial charge in [0, 0.05) is 44.3 Å². The van der Waals surface area contributed by atoms with E-state index in [1.165, 1.54) is 25.7 Å². The van der Waals surface area contributed by atoms with Crippen LogP contribution in [0.4, 0.5) is 4.39 Å². The summed E-state index contributed by atoms with van der Waals surface area (Å²) in [5, 5.41) is 0. The van der Waals surface area contributed by atoms with Gasteiger partial charge in [0.15, 0.2) is 0 Å². The van der Waals surface area contributed by atoms with Crippen molar-refractivity contribution in [3.8, 4) is 0 Å². The van der Waals surface area contributed by atoms with Crippen LogP contribution in [0.1, 0.15) is 38.2 Å². The van der Waals surface area contributed by atoms with Crippen LogP contribution in [0, 0.1) is 11.7 Å². The van der Waals surface area contributed by atoms with Crippen LogP contribution in [0.2, 0.25) is 0 Å². The highest BCUT2D eigenvalue weighted by Gasteiger charge is 2.29. The molecule has 2 aliphatic rings. The van der Waals surface area contributed by atoms with E-state index in [0.29, 0.717) is 0 Å². The van der Waals surface area contributed by atoms with Crippen molar-refractivity contribution < 1.29 is 4.39 Å².